The maximum atomic E-state index is 12.5. The molecule has 0 saturated carbocycles. The number of carbonyl (C=O) groups is 1. The van der Waals surface area contributed by atoms with Crippen molar-refractivity contribution in [2.45, 2.75) is 36.6 Å². The number of quaternary nitrogens is 1. The van der Waals surface area contributed by atoms with E-state index in [1.165, 1.54) is 21.2 Å². The third-order valence-corrected chi connectivity index (χ3v) is 7.20. The van der Waals surface area contributed by atoms with E-state index < -0.39 is 0 Å². The van der Waals surface area contributed by atoms with Crippen LogP contribution in [0.3, 0.4) is 0 Å². The highest BCUT2D eigenvalue weighted by atomic mass is 35.5. The number of hydrogen-bond acceptors (Lipinski definition) is 5. The molecule has 2 aromatic carbocycles. The van der Waals surface area contributed by atoms with Crippen LogP contribution in [0.1, 0.15) is 20.8 Å². The highest BCUT2D eigenvalue weighted by Gasteiger charge is 2.32. The number of likely N-dealkylation sites (N-methyl/N-ethyl adjacent to an activating group) is 1. The molecule has 32 heavy (non-hydrogen) atoms. The molecule has 0 spiro atoms. The zero-order chi connectivity index (χ0) is 21.9. The summed E-state index contributed by atoms with van der Waals surface area (Å²) in [6, 6.07) is 17.3. The molecule has 0 saturated heterocycles. The van der Waals surface area contributed by atoms with Crippen molar-refractivity contribution in [1.82, 2.24) is 0 Å². The average molecular weight is 501 g/mol. The van der Waals surface area contributed by atoms with Gasteiger partial charge in [0.05, 0.1) is 37.9 Å². The second-order valence-corrected chi connectivity index (χ2v) is 10.0. The van der Waals surface area contributed by atoms with Gasteiger partial charge in [0.2, 0.25) is 6.73 Å². The Kier molecular flexibility index (Phi) is 10.9. The van der Waals surface area contributed by atoms with Gasteiger partial charge in [-0.05, 0) is 37.1 Å². The van der Waals surface area contributed by atoms with Gasteiger partial charge in [-0.1, -0.05) is 49.9 Å². The predicted molar refractivity (Wildman–Crippen MR) is 131 cm³/mol. The number of hydrogen-bond donors (Lipinski definition) is 1. The van der Waals surface area contributed by atoms with E-state index in [2.05, 4.69) is 74.4 Å². The lowest BCUT2D eigenvalue weighted by Gasteiger charge is -2.40. The van der Waals surface area contributed by atoms with E-state index in [1.807, 2.05) is 25.6 Å². The summed E-state index contributed by atoms with van der Waals surface area (Å²) in [5.74, 6) is -0.275. The van der Waals surface area contributed by atoms with Crippen molar-refractivity contribution in [2.24, 2.45) is 17.6 Å². The summed E-state index contributed by atoms with van der Waals surface area (Å²) in [5.41, 5.74) is 8.23. The third-order valence-electron chi connectivity index (χ3n) is 6.07. The Hall–Kier alpha value is -1.44. The molecule has 1 aliphatic heterocycles. The highest BCUT2D eigenvalue weighted by molar-refractivity contribution is 7.99. The van der Waals surface area contributed by atoms with Crippen LogP contribution < -0.4 is 23.0 Å². The third kappa shape index (κ3) is 6.33. The van der Waals surface area contributed by atoms with E-state index in [4.69, 9.17) is 10.5 Å². The van der Waals surface area contributed by atoms with Crippen LogP contribution in [0.5, 0.6) is 0 Å². The van der Waals surface area contributed by atoms with E-state index in [0.717, 1.165) is 6.54 Å². The van der Waals surface area contributed by atoms with Crippen molar-refractivity contribution in [3.05, 3.63) is 48.5 Å². The van der Waals surface area contributed by atoms with Crippen molar-refractivity contribution >= 4 is 41.5 Å². The van der Waals surface area contributed by atoms with Crippen LogP contribution in [-0.2, 0) is 9.53 Å². The Morgan fingerprint density at radius 3 is 2.00 bits per heavy atom. The van der Waals surface area contributed by atoms with Crippen molar-refractivity contribution < 1.29 is 26.4 Å². The van der Waals surface area contributed by atoms with Gasteiger partial charge in [-0.15, -0.1) is 12.4 Å². The van der Waals surface area contributed by atoms with Crippen molar-refractivity contribution in [3.8, 4) is 0 Å². The van der Waals surface area contributed by atoms with Gasteiger partial charge in [-0.25, -0.2) is 0 Å². The van der Waals surface area contributed by atoms with Gasteiger partial charge >= 0.3 is 5.97 Å². The van der Waals surface area contributed by atoms with Crippen LogP contribution in [-0.4, -0.2) is 50.4 Å². The number of carbonyl (C=O) groups excluding carboxylic acids is 1. The van der Waals surface area contributed by atoms with Crippen molar-refractivity contribution in [2.75, 3.05) is 38.8 Å². The number of fused-ring (bicyclic) bond motifs is 2. The molecule has 0 aromatic heterocycles. The largest absolute Gasteiger partial charge is 1.00 e. The Morgan fingerprint density at radius 1 is 1.03 bits per heavy atom. The fourth-order valence-electron chi connectivity index (χ4n) is 3.57. The number of esters is 1. The van der Waals surface area contributed by atoms with E-state index >= 15 is 0 Å². The summed E-state index contributed by atoms with van der Waals surface area (Å²) in [4.78, 5) is 17.4. The zero-order valence-corrected chi connectivity index (χ0v) is 21.8. The molecule has 2 N–H and O–H groups in total. The summed E-state index contributed by atoms with van der Waals surface area (Å²) in [6.07, 6.45) is 0. The zero-order valence-electron chi connectivity index (χ0n) is 19.5. The van der Waals surface area contributed by atoms with Crippen LogP contribution in [0, 0.1) is 11.8 Å². The molecule has 1 heterocycles. The number of ether oxygens (including phenoxy) is 1. The molecule has 178 valence electrons. The van der Waals surface area contributed by atoms with Crippen molar-refractivity contribution in [3.63, 3.8) is 0 Å². The second-order valence-electron chi connectivity index (χ2n) is 8.95. The van der Waals surface area contributed by atoms with Crippen LogP contribution in [0.4, 0.5) is 11.4 Å². The van der Waals surface area contributed by atoms with Gasteiger partial charge in [0.15, 0.2) is 0 Å². The van der Waals surface area contributed by atoms with Crippen molar-refractivity contribution in [1.29, 1.82) is 0 Å². The Balaban J connectivity index is 0.00000256. The molecule has 0 fully saturated rings. The standard InChI is InChI=1S/C24H34N3O2S.2ClH/c1-17(2)19(14-25)24(28)29-16-27(4,5)18(3)15-26-20-10-6-8-12-22(20)30-23-13-9-7-11-21(23)26;;/h6-13,17-19H,14-16,25H2,1-5H3;2*1H/q+1;;/p-1. The molecular formula is C24H35Cl2N3O2S. The van der Waals surface area contributed by atoms with Gasteiger partial charge in [0.1, 0.15) is 6.04 Å². The molecule has 2 unspecified atom stereocenters. The summed E-state index contributed by atoms with van der Waals surface area (Å²) in [6.45, 7) is 7.69. The topological polar surface area (TPSA) is 55.6 Å². The van der Waals surface area contributed by atoms with Gasteiger partial charge in [-0.2, -0.15) is 0 Å². The monoisotopic (exact) mass is 499 g/mol. The number of para-hydroxylation sites is 2. The van der Waals surface area contributed by atoms with Crippen LogP contribution in [0.15, 0.2) is 58.3 Å². The first-order valence-corrected chi connectivity index (χ1v) is 11.4. The lowest BCUT2D eigenvalue weighted by Crippen LogP contribution is -3.00. The Labute approximate surface area is 209 Å². The maximum absolute atomic E-state index is 12.5. The lowest BCUT2D eigenvalue weighted by molar-refractivity contribution is -0.927. The number of halogens is 2. The molecule has 3 rings (SSSR count). The summed E-state index contributed by atoms with van der Waals surface area (Å²) in [7, 11) is 4.22. The Morgan fingerprint density at radius 2 is 1.53 bits per heavy atom. The number of nitrogens with zero attached hydrogens (tertiary/aromatic N) is 2. The minimum atomic E-state index is -0.252. The predicted octanol–water partition coefficient (Wildman–Crippen LogP) is 1.91. The lowest BCUT2D eigenvalue weighted by atomic mass is 9.96. The molecule has 0 amide bonds. The fourth-order valence-corrected chi connectivity index (χ4v) is 4.66. The molecule has 0 aliphatic carbocycles. The second kappa shape index (κ2) is 12.1. The molecule has 2 aromatic rings. The number of nitrogens with two attached hydrogens (primary N) is 1. The SMILES string of the molecule is CC(C)C(CN)C(=O)OC[N+](C)(C)C(C)CN1c2ccccc2Sc2ccccc21.Cl.[Cl-]. The number of benzene rings is 2. The number of anilines is 2. The fraction of sp³-hybridized carbons (Fsp3) is 0.458. The summed E-state index contributed by atoms with van der Waals surface area (Å²) in [5, 5.41) is 0. The minimum absolute atomic E-state index is 0. The van der Waals surface area contributed by atoms with Crippen LogP contribution >= 0.6 is 24.2 Å². The molecule has 0 bridgehead atoms. The van der Waals surface area contributed by atoms with Gasteiger partial charge in [-0.3, -0.25) is 9.28 Å². The van der Waals surface area contributed by atoms with E-state index in [-0.39, 0.29) is 48.7 Å². The molecule has 8 heteroatoms. The quantitative estimate of drug-likeness (QED) is 0.341. The summed E-state index contributed by atoms with van der Waals surface area (Å²) >= 11 is 1.82. The van der Waals surface area contributed by atoms with Gasteiger partial charge in [0, 0.05) is 16.3 Å². The summed E-state index contributed by atoms with van der Waals surface area (Å²) < 4.78 is 6.28. The first-order valence-electron chi connectivity index (χ1n) is 10.6. The number of rotatable bonds is 8. The maximum Gasteiger partial charge on any atom is 0.314 e. The highest BCUT2D eigenvalue weighted by Crippen LogP contribution is 2.47. The smallest absolute Gasteiger partial charge is 0.314 e. The average Bonchev–Trinajstić information content (AvgIpc) is 2.72. The van der Waals surface area contributed by atoms with E-state index in [0.29, 0.717) is 17.8 Å². The molecular weight excluding hydrogens is 465 g/mol. The van der Waals surface area contributed by atoms with E-state index in [1.54, 1.807) is 0 Å². The first kappa shape index (κ1) is 28.6. The molecule has 1 aliphatic rings. The minimum Gasteiger partial charge on any atom is -1.00 e. The van der Waals surface area contributed by atoms with E-state index in [9.17, 15) is 4.79 Å². The van der Waals surface area contributed by atoms with Gasteiger partial charge < -0.3 is 27.8 Å². The van der Waals surface area contributed by atoms with Gasteiger partial charge in [0.25, 0.3) is 0 Å². The van der Waals surface area contributed by atoms with Crippen LogP contribution in [0.2, 0.25) is 0 Å². The normalized spacial score (nSPS) is 14.4. The molecule has 0 radical (unpaired) electrons. The Bertz CT molecular complexity index is 850. The molecule has 2 atom stereocenters. The molecule has 5 nitrogen and oxygen atoms in total. The van der Waals surface area contributed by atoms with Crippen LogP contribution in [0.25, 0.3) is 0 Å². The first-order chi connectivity index (χ1) is 14.2.